The van der Waals surface area contributed by atoms with Gasteiger partial charge in [0.25, 0.3) is 0 Å². The molecule has 0 aliphatic carbocycles. The van der Waals surface area contributed by atoms with E-state index in [1.807, 2.05) is 0 Å². The van der Waals surface area contributed by atoms with Crippen LogP contribution < -0.4 is 11.1 Å². The number of carbonyl (C=O) groups is 2. The van der Waals surface area contributed by atoms with Crippen LogP contribution in [0.3, 0.4) is 0 Å². The highest BCUT2D eigenvalue weighted by atomic mass is 19.1. The number of carbonyl (C=O) groups excluding carboxylic acids is 2. The van der Waals surface area contributed by atoms with Crippen LogP contribution in [0.4, 0.5) is 19.7 Å². The first-order valence-corrected chi connectivity index (χ1v) is 5.35. The number of ether oxygens (including phenoxy) is 1. The Morgan fingerprint density at radius 2 is 2.22 bits per heavy atom. The van der Waals surface area contributed by atoms with E-state index in [1.54, 1.807) is 0 Å². The monoisotopic (exact) mass is 251 g/mol. The standard InChI is InChI=1S/C11H10FN3O3/c12-6-1-2-8-7(3-6)11(18-10(17)14-8)4-15(5-11)9(13)16/h1-3H,4-5H2,(H2,13,16)(H,14,17). The Labute approximate surface area is 101 Å². The van der Waals surface area contributed by atoms with Crippen molar-refractivity contribution in [2.24, 2.45) is 5.73 Å². The summed E-state index contributed by atoms with van der Waals surface area (Å²) >= 11 is 0. The summed E-state index contributed by atoms with van der Waals surface area (Å²) in [5.74, 6) is -0.426. The van der Waals surface area contributed by atoms with Gasteiger partial charge < -0.3 is 15.4 Å². The minimum Gasteiger partial charge on any atom is -0.434 e. The summed E-state index contributed by atoms with van der Waals surface area (Å²) in [5, 5.41) is 2.49. The van der Waals surface area contributed by atoms with Gasteiger partial charge in [0, 0.05) is 5.56 Å². The number of rotatable bonds is 0. The summed E-state index contributed by atoms with van der Waals surface area (Å²) in [6.07, 6.45) is -0.613. The molecule has 3 rings (SSSR count). The summed E-state index contributed by atoms with van der Waals surface area (Å²) in [6, 6.07) is 3.43. The SMILES string of the molecule is NC(=O)N1CC2(C1)OC(=O)Nc1ccc(F)cc12. The van der Waals surface area contributed by atoms with Crippen LogP contribution in [-0.2, 0) is 10.3 Å². The molecule has 7 heteroatoms. The summed E-state index contributed by atoms with van der Waals surface area (Å²) in [4.78, 5) is 23.7. The molecule has 2 aliphatic rings. The molecule has 1 spiro atoms. The van der Waals surface area contributed by atoms with E-state index in [1.165, 1.54) is 23.1 Å². The molecule has 6 nitrogen and oxygen atoms in total. The van der Waals surface area contributed by atoms with Gasteiger partial charge in [0.05, 0.1) is 18.8 Å². The second kappa shape index (κ2) is 3.34. The van der Waals surface area contributed by atoms with Crippen molar-refractivity contribution in [2.75, 3.05) is 18.4 Å². The van der Waals surface area contributed by atoms with Crippen molar-refractivity contribution in [2.45, 2.75) is 5.60 Å². The van der Waals surface area contributed by atoms with E-state index in [2.05, 4.69) is 5.32 Å². The maximum absolute atomic E-state index is 13.3. The Morgan fingerprint density at radius 3 is 2.89 bits per heavy atom. The lowest BCUT2D eigenvalue weighted by molar-refractivity contribution is -0.0863. The number of nitrogens with two attached hydrogens (primary N) is 1. The number of primary amides is 1. The second-order valence-electron chi connectivity index (χ2n) is 4.39. The summed E-state index contributed by atoms with van der Waals surface area (Å²) in [5.41, 5.74) is 5.18. The number of amides is 3. The van der Waals surface area contributed by atoms with Gasteiger partial charge in [0.2, 0.25) is 0 Å². The van der Waals surface area contributed by atoms with E-state index >= 15 is 0 Å². The van der Waals surface area contributed by atoms with Crippen molar-refractivity contribution in [1.82, 2.24) is 4.90 Å². The molecule has 1 saturated heterocycles. The minimum absolute atomic E-state index is 0.145. The normalized spacial score (nSPS) is 19.6. The summed E-state index contributed by atoms with van der Waals surface area (Å²) < 4.78 is 18.5. The van der Waals surface area contributed by atoms with Gasteiger partial charge in [-0.2, -0.15) is 0 Å². The Kier molecular flexibility index (Phi) is 2.01. The molecular weight excluding hydrogens is 241 g/mol. The number of anilines is 1. The second-order valence-corrected chi connectivity index (χ2v) is 4.39. The smallest absolute Gasteiger partial charge is 0.412 e. The summed E-state index contributed by atoms with van der Waals surface area (Å²) in [7, 11) is 0. The molecule has 1 aromatic rings. The van der Waals surface area contributed by atoms with Gasteiger partial charge in [0.15, 0.2) is 5.60 Å². The quantitative estimate of drug-likeness (QED) is 0.720. The lowest BCUT2D eigenvalue weighted by Gasteiger charge is -2.50. The third-order valence-electron chi connectivity index (χ3n) is 3.20. The Balaban J connectivity index is 2.01. The maximum Gasteiger partial charge on any atom is 0.412 e. The third-order valence-corrected chi connectivity index (χ3v) is 3.20. The zero-order valence-electron chi connectivity index (χ0n) is 9.27. The minimum atomic E-state index is -0.977. The average Bonchev–Trinajstić information content (AvgIpc) is 2.25. The molecule has 0 aromatic heterocycles. The predicted octanol–water partition coefficient (Wildman–Crippen LogP) is 0.977. The molecule has 94 valence electrons. The van der Waals surface area contributed by atoms with Crippen molar-refractivity contribution in [1.29, 1.82) is 0 Å². The number of benzene rings is 1. The molecule has 18 heavy (non-hydrogen) atoms. The number of halogens is 1. The van der Waals surface area contributed by atoms with Gasteiger partial charge in [-0.05, 0) is 18.2 Å². The molecule has 2 heterocycles. The van der Waals surface area contributed by atoms with Crippen molar-refractivity contribution in [3.8, 4) is 0 Å². The molecule has 1 aromatic carbocycles. The van der Waals surface area contributed by atoms with Crippen LogP contribution in [0.25, 0.3) is 0 Å². The lowest BCUT2D eigenvalue weighted by Crippen LogP contribution is -2.65. The number of likely N-dealkylation sites (tertiary alicyclic amines) is 1. The van der Waals surface area contributed by atoms with Gasteiger partial charge in [0.1, 0.15) is 5.82 Å². The van der Waals surface area contributed by atoms with Gasteiger partial charge in [-0.25, -0.2) is 14.0 Å². The lowest BCUT2D eigenvalue weighted by atomic mass is 9.84. The molecular formula is C11H10FN3O3. The largest absolute Gasteiger partial charge is 0.434 e. The number of nitrogens with one attached hydrogen (secondary N) is 1. The van der Waals surface area contributed by atoms with Gasteiger partial charge in [-0.3, -0.25) is 5.32 Å². The van der Waals surface area contributed by atoms with Gasteiger partial charge in [-0.1, -0.05) is 0 Å². The highest BCUT2D eigenvalue weighted by Crippen LogP contribution is 2.42. The number of fused-ring (bicyclic) bond motifs is 2. The number of urea groups is 1. The predicted molar refractivity (Wildman–Crippen MR) is 59.3 cm³/mol. The van der Waals surface area contributed by atoms with Crippen LogP contribution in [-0.4, -0.2) is 30.1 Å². The third kappa shape index (κ3) is 1.40. The topological polar surface area (TPSA) is 84.7 Å². The van der Waals surface area contributed by atoms with Crippen LogP contribution in [0.2, 0.25) is 0 Å². The Hall–Kier alpha value is -2.31. The molecule has 2 aliphatic heterocycles. The molecule has 0 radical (unpaired) electrons. The van der Waals surface area contributed by atoms with E-state index in [0.29, 0.717) is 11.3 Å². The zero-order valence-corrected chi connectivity index (χ0v) is 9.27. The number of hydrogen-bond donors (Lipinski definition) is 2. The van der Waals surface area contributed by atoms with Gasteiger partial charge >= 0.3 is 12.1 Å². The maximum atomic E-state index is 13.3. The first kappa shape index (κ1) is 10.8. The van der Waals surface area contributed by atoms with Crippen molar-refractivity contribution >= 4 is 17.8 Å². The van der Waals surface area contributed by atoms with E-state index in [4.69, 9.17) is 10.5 Å². The fraction of sp³-hybridized carbons (Fsp3) is 0.273. The molecule has 0 atom stereocenters. The Bertz CT molecular complexity index is 554. The average molecular weight is 251 g/mol. The van der Waals surface area contributed by atoms with E-state index in [-0.39, 0.29) is 13.1 Å². The van der Waals surface area contributed by atoms with Crippen LogP contribution in [0.1, 0.15) is 5.56 Å². The van der Waals surface area contributed by atoms with E-state index in [9.17, 15) is 14.0 Å². The van der Waals surface area contributed by atoms with Crippen molar-refractivity contribution in [3.05, 3.63) is 29.6 Å². The zero-order chi connectivity index (χ0) is 12.9. The summed E-state index contributed by atoms with van der Waals surface area (Å²) in [6.45, 7) is 0.290. The van der Waals surface area contributed by atoms with E-state index in [0.717, 1.165) is 0 Å². The Morgan fingerprint density at radius 1 is 1.50 bits per heavy atom. The van der Waals surface area contributed by atoms with E-state index < -0.39 is 23.5 Å². The fourth-order valence-corrected chi connectivity index (χ4v) is 2.33. The first-order chi connectivity index (χ1) is 8.50. The highest BCUT2D eigenvalue weighted by Gasteiger charge is 2.53. The number of hydrogen-bond acceptors (Lipinski definition) is 3. The van der Waals surface area contributed by atoms with Crippen LogP contribution >= 0.6 is 0 Å². The van der Waals surface area contributed by atoms with Gasteiger partial charge in [-0.15, -0.1) is 0 Å². The van der Waals surface area contributed by atoms with Crippen LogP contribution in [0.15, 0.2) is 18.2 Å². The molecule has 0 bridgehead atoms. The van der Waals surface area contributed by atoms with Crippen LogP contribution in [0.5, 0.6) is 0 Å². The van der Waals surface area contributed by atoms with Crippen molar-refractivity contribution < 1.29 is 18.7 Å². The molecule has 3 amide bonds. The van der Waals surface area contributed by atoms with Crippen LogP contribution in [0, 0.1) is 5.82 Å². The van der Waals surface area contributed by atoms with Crippen molar-refractivity contribution in [3.63, 3.8) is 0 Å². The molecule has 0 unspecified atom stereocenters. The first-order valence-electron chi connectivity index (χ1n) is 5.35. The number of nitrogens with zero attached hydrogens (tertiary/aromatic N) is 1. The molecule has 0 saturated carbocycles. The molecule has 1 fully saturated rings. The fourth-order valence-electron chi connectivity index (χ4n) is 2.33. The molecule has 3 N–H and O–H groups in total. The highest BCUT2D eigenvalue weighted by molar-refractivity contribution is 5.89.